The minimum Gasteiger partial charge on any atom is -0.363 e. The smallest absolute Gasteiger partial charge is 0.279 e. The summed E-state index contributed by atoms with van der Waals surface area (Å²) in [5.41, 5.74) is 4.66. The number of hydrogen-bond donors (Lipinski definition) is 1. The Morgan fingerprint density at radius 1 is 1.57 bits per heavy atom. The van der Waals surface area contributed by atoms with Crippen molar-refractivity contribution in [3.05, 3.63) is 10.0 Å². The fourth-order valence-electron chi connectivity index (χ4n) is 0.892. The van der Waals surface area contributed by atoms with Gasteiger partial charge >= 0.3 is 0 Å². The van der Waals surface area contributed by atoms with Crippen molar-refractivity contribution < 1.29 is 9.59 Å². The average Bonchev–Trinajstić information content (AvgIpc) is 2.51. The number of carbonyl (C=O) groups is 2. The summed E-state index contributed by atoms with van der Waals surface area (Å²) >= 11 is 1.13. The molecule has 5 nitrogen and oxygen atoms in total. The maximum Gasteiger partial charge on any atom is 0.279 e. The van der Waals surface area contributed by atoms with Crippen LogP contribution in [-0.4, -0.2) is 22.4 Å². The van der Waals surface area contributed by atoms with Crippen LogP contribution in [0.2, 0.25) is 0 Å². The summed E-state index contributed by atoms with van der Waals surface area (Å²) in [4.78, 5) is 21.2. The van der Waals surface area contributed by atoms with E-state index in [-0.39, 0.29) is 10.4 Å². The predicted molar refractivity (Wildman–Crippen MR) is 52.1 cm³/mol. The summed E-state index contributed by atoms with van der Waals surface area (Å²) < 4.78 is 0. The maximum absolute atomic E-state index is 10.8. The molecule has 6 heteroatoms. The average molecular weight is 213 g/mol. The van der Waals surface area contributed by atoms with Gasteiger partial charge in [0.15, 0.2) is 0 Å². The van der Waals surface area contributed by atoms with E-state index >= 15 is 0 Å². The molecule has 0 spiro atoms. The first-order valence-corrected chi connectivity index (χ1v) is 4.86. The van der Waals surface area contributed by atoms with Crippen LogP contribution in [0.1, 0.15) is 35.1 Å². The molecule has 0 aliphatic carbocycles. The molecule has 1 aromatic rings. The Balaban J connectivity index is 2.96. The number of nitrogens with two attached hydrogens (primary N) is 1. The van der Waals surface area contributed by atoms with E-state index in [1.54, 1.807) is 0 Å². The van der Waals surface area contributed by atoms with Crippen molar-refractivity contribution >= 4 is 23.5 Å². The standard InChI is InChI=1S/C8H11N3O2S/c1-8(2,3-4-12)7-11-10-6(14-7)5(9)13/h4H,3H2,1-2H3,(H2,9,13). The Hall–Kier alpha value is -1.30. The Labute approximate surface area is 85.3 Å². The van der Waals surface area contributed by atoms with Gasteiger partial charge in [-0.2, -0.15) is 0 Å². The lowest BCUT2D eigenvalue weighted by atomic mass is 9.91. The number of aromatic nitrogens is 2. The molecule has 0 bridgehead atoms. The monoisotopic (exact) mass is 213 g/mol. The van der Waals surface area contributed by atoms with Crippen LogP contribution < -0.4 is 5.73 Å². The molecule has 0 radical (unpaired) electrons. The summed E-state index contributed by atoms with van der Waals surface area (Å²) in [7, 11) is 0. The molecule has 0 aromatic carbocycles. The van der Waals surface area contributed by atoms with E-state index in [0.29, 0.717) is 11.4 Å². The van der Waals surface area contributed by atoms with Crippen molar-refractivity contribution in [2.75, 3.05) is 0 Å². The largest absolute Gasteiger partial charge is 0.363 e. The van der Waals surface area contributed by atoms with Crippen LogP contribution in [0.25, 0.3) is 0 Å². The van der Waals surface area contributed by atoms with Crippen molar-refractivity contribution in [2.24, 2.45) is 5.73 Å². The third kappa shape index (κ3) is 2.14. The van der Waals surface area contributed by atoms with Gasteiger partial charge in [0.05, 0.1) is 0 Å². The Morgan fingerprint density at radius 2 is 2.21 bits per heavy atom. The Bertz CT molecular complexity index is 359. The molecule has 0 aliphatic rings. The lowest BCUT2D eigenvalue weighted by molar-refractivity contribution is -0.108. The van der Waals surface area contributed by atoms with Crippen LogP contribution in [0.4, 0.5) is 0 Å². The van der Waals surface area contributed by atoms with Crippen molar-refractivity contribution in [1.29, 1.82) is 0 Å². The van der Waals surface area contributed by atoms with Crippen molar-refractivity contribution in [2.45, 2.75) is 25.7 Å². The Kier molecular flexibility index (Phi) is 2.95. The maximum atomic E-state index is 10.8. The molecule has 0 aliphatic heterocycles. The lowest BCUT2D eigenvalue weighted by Crippen LogP contribution is -2.17. The van der Waals surface area contributed by atoms with Crippen molar-refractivity contribution in [1.82, 2.24) is 10.2 Å². The normalized spacial score (nSPS) is 11.3. The zero-order valence-corrected chi connectivity index (χ0v) is 8.80. The molecule has 14 heavy (non-hydrogen) atoms. The molecular weight excluding hydrogens is 202 g/mol. The van der Waals surface area contributed by atoms with E-state index in [2.05, 4.69) is 10.2 Å². The number of rotatable bonds is 4. The van der Waals surface area contributed by atoms with Crippen LogP contribution in [0.3, 0.4) is 0 Å². The fraction of sp³-hybridized carbons (Fsp3) is 0.500. The van der Waals surface area contributed by atoms with Crippen LogP contribution in [0.15, 0.2) is 0 Å². The van der Waals surface area contributed by atoms with Gasteiger partial charge in [-0.3, -0.25) is 4.79 Å². The first-order valence-electron chi connectivity index (χ1n) is 4.05. The van der Waals surface area contributed by atoms with Gasteiger partial charge in [-0.15, -0.1) is 10.2 Å². The van der Waals surface area contributed by atoms with Crippen LogP contribution >= 0.6 is 11.3 Å². The predicted octanol–water partition coefficient (Wildman–Crippen LogP) is 0.504. The first-order chi connectivity index (χ1) is 6.47. The molecule has 0 fully saturated rings. The highest BCUT2D eigenvalue weighted by atomic mass is 32.1. The molecular formula is C8H11N3O2S. The van der Waals surface area contributed by atoms with Crippen LogP contribution in [0.5, 0.6) is 0 Å². The number of carbonyl (C=O) groups excluding carboxylic acids is 2. The molecule has 1 aromatic heterocycles. The highest BCUT2D eigenvalue weighted by molar-refractivity contribution is 7.13. The van der Waals surface area contributed by atoms with Gasteiger partial charge in [0, 0.05) is 11.8 Å². The molecule has 1 rings (SSSR count). The van der Waals surface area contributed by atoms with Crippen molar-refractivity contribution in [3.8, 4) is 0 Å². The molecule has 1 amide bonds. The van der Waals surface area contributed by atoms with Crippen LogP contribution in [0, 0.1) is 0 Å². The third-order valence-electron chi connectivity index (χ3n) is 1.81. The molecule has 0 saturated carbocycles. The Morgan fingerprint density at radius 3 is 2.64 bits per heavy atom. The van der Waals surface area contributed by atoms with Crippen molar-refractivity contribution in [3.63, 3.8) is 0 Å². The van der Waals surface area contributed by atoms with Gasteiger partial charge in [0.25, 0.3) is 5.91 Å². The summed E-state index contributed by atoms with van der Waals surface area (Å²) in [6, 6.07) is 0. The van der Waals surface area contributed by atoms with Crippen LogP contribution in [-0.2, 0) is 10.2 Å². The van der Waals surface area contributed by atoms with E-state index in [1.165, 1.54) is 0 Å². The van der Waals surface area contributed by atoms with Gasteiger partial charge in [-0.1, -0.05) is 25.2 Å². The van der Waals surface area contributed by atoms with Gasteiger partial charge in [0.2, 0.25) is 5.01 Å². The number of amides is 1. The van der Waals surface area contributed by atoms with E-state index < -0.39 is 5.91 Å². The summed E-state index contributed by atoms with van der Waals surface area (Å²) in [5, 5.41) is 8.31. The molecule has 2 N–H and O–H groups in total. The SMILES string of the molecule is CC(C)(CC=O)c1nnc(C(N)=O)s1. The highest BCUT2D eigenvalue weighted by Gasteiger charge is 2.25. The number of primary amides is 1. The minimum atomic E-state index is -0.587. The summed E-state index contributed by atoms with van der Waals surface area (Å²) in [6.45, 7) is 3.74. The fourth-order valence-corrected chi connectivity index (χ4v) is 1.70. The molecule has 76 valence electrons. The molecule has 0 atom stereocenters. The highest BCUT2D eigenvalue weighted by Crippen LogP contribution is 2.28. The summed E-state index contributed by atoms with van der Waals surface area (Å²) in [5.74, 6) is -0.587. The molecule has 1 heterocycles. The second-order valence-corrected chi connectivity index (χ2v) is 4.51. The molecule has 0 unspecified atom stereocenters. The van der Waals surface area contributed by atoms with E-state index in [1.807, 2.05) is 13.8 Å². The van der Waals surface area contributed by atoms with E-state index in [0.717, 1.165) is 17.6 Å². The second kappa shape index (κ2) is 3.83. The number of hydrogen-bond acceptors (Lipinski definition) is 5. The molecule has 0 saturated heterocycles. The van der Waals surface area contributed by atoms with E-state index in [9.17, 15) is 9.59 Å². The first kappa shape index (κ1) is 10.8. The number of aldehydes is 1. The zero-order valence-electron chi connectivity index (χ0n) is 7.98. The quantitative estimate of drug-likeness (QED) is 0.738. The summed E-state index contributed by atoms with van der Waals surface area (Å²) in [6.07, 6.45) is 1.17. The van der Waals surface area contributed by atoms with Gasteiger partial charge < -0.3 is 10.5 Å². The third-order valence-corrected chi connectivity index (χ3v) is 3.11. The van der Waals surface area contributed by atoms with Gasteiger partial charge in [0.1, 0.15) is 11.3 Å². The van der Waals surface area contributed by atoms with E-state index in [4.69, 9.17) is 5.73 Å². The van der Waals surface area contributed by atoms with Gasteiger partial charge in [-0.05, 0) is 0 Å². The topological polar surface area (TPSA) is 85.9 Å². The van der Waals surface area contributed by atoms with Gasteiger partial charge in [-0.25, -0.2) is 0 Å². The minimum absolute atomic E-state index is 0.180. The zero-order chi connectivity index (χ0) is 10.8. The number of nitrogens with zero attached hydrogens (tertiary/aromatic N) is 2. The lowest BCUT2D eigenvalue weighted by Gasteiger charge is -2.16. The second-order valence-electron chi connectivity index (χ2n) is 3.53.